The highest BCUT2D eigenvalue weighted by molar-refractivity contribution is 7.92. The summed E-state index contributed by atoms with van der Waals surface area (Å²) in [5.41, 5.74) is 5.61. The van der Waals surface area contributed by atoms with Crippen molar-refractivity contribution in [1.82, 2.24) is 10.2 Å². The van der Waals surface area contributed by atoms with Crippen molar-refractivity contribution < 1.29 is 18.0 Å². The molecule has 1 unspecified atom stereocenters. The molecule has 0 heterocycles. The molecule has 0 aliphatic rings. The summed E-state index contributed by atoms with van der Waals surface area (Å²) >= 11 is 0. The maximum atomic E-state index is 13.9. The van der Waals surface area contributed by atoms with Crippen LogP contribution in [0.5, 0.6) is 0 Å². The summed E-state index contributed by atoms with van der Waals surface area (Å²) in [6.07, 6.45) is 1.96. The smallest absolute Gasteiger partial charge is 0.243 e. The van der Waals surface area contributed by atoms with Crippen molar-refractivity contribution in [1.29, 1.82) is 0 Å². The molecule has 0 bridgehead atoms. The molecule has 0 saturated carbocycles. The third-order valence-electron chi connectivity index (χ3n) is 7.23. The lowest BCUT2D eigenvalue weighted by molar-refractivity contribution is -0.141. The summed E-state index contributed by atoms with van der Waals surface area (Å²) in [6, 6.07) is 22.3. The molecule has 3 aromatic rings. The van der Waals surface area contributed by atoms with Gasteiger partial charge in [0, 0.05) is 32.0 Å². The Labute approximate surface area is 245 Å². The number of amides is 2. The first kappa shape index (κ1) is 31.9. The van der Waals surface area contributed by atoms with E-state index in [9.17, 15) is 18.0 Å². The van der Waals surface area contributed by atoms with Gasteiger partial charge in [-0.25, -0.2) is 8.42 Å². The van der Waals surface area contributed by atoms with Crippen LogP contribution < -0.4 is 9.62 Å². The van der Waals surface area contributed by atoms with E-state index in [1.807, 2.05) is 101 Å². The molecule has 220 valence electrons. The van der Waals surface area contributed by atoms with Gasteiger partial charge in [-0.2, -0.15) is 0 Å². The molecule has 1 atom stereocenters. The average Bonchev–Trinajstić information content (AvgIpc) is 2.90. The average molecular weight is 578 g/mol. The van der Waals surface area contributed by atoms with Gasteiger partial charge in [0.15, 0.2) is 0 Å². The highest BCUT2D eigenvalue weighted by atomic mass is 32.2. The number of benzene rings is 3. The van der Waals surface area contributed by atoms with E-state index in [-0.39, 0.29) is 37.4 Å². The monoisotopic (exact) mass is 577 g/mol. The molecule has 3 aromatic carbocycles. The summed E-state index contributed by atoms with van der Waals surface area (Å²) < 4.78 is 26.7. The number of carbonyl (C=O) groups excluding carboxylic acids is 2. The van der Waals surface area contributed by atoms with E-state index in [1.165, 1.54) is 10.6 Å². The van der Waals surface area contributed by atoms with Crippen LogP contribution in [0.25, 0.3) is 0 Å². The number of nitrogens with zero attached hydrogens (tertiary/aromatic N) is 2. The molecule has 7 nitrogen and oxygen atoms in total. The number of rotatable bonds is 13. The van der Waals surface area contributed by atoms with Gasteiger partial charge in [0.1, 0.15) is 6.04 Å². The number of nitrogens with one attached hydrogen (secondary N) is 1. The van der Waals surface area contributed by atoms with Crippen LogP contribution in [0.4, 0.5) is 5.69 Å². The van der Waals surface area contributed by atoms with Crippen molar-refractivity contribution in [3.8, 4) is 0 Å². The topological polar surface area (TPSA) is 86.8 Å². The Hall–Kier alpha value is -3.65. The van der Waals surface area contributed by atoms with Crippen LogP contribution in [0, 0.1) is 20.8 Å². The van der Waals surface area contributed by atoms with Gasteiger partial charge in [0.05, 0.1) is 11.9 Å². The van der Waals surface area contributed by atoms with Crippen LogP contribution in [0.2, 0.25) is 0 Å². The zero-order chi connectivity index (χ0) is 30.2. The fourth-order valence-corrected chi connectivity index (χ4v) is 5.75. The standard InChI is InChI=1S/C33H43N3O4S/c1-24(2)34-33(38)31(22-28-14-8-7-9-15-28)35(23-29-16-11-10-13-26(29)4)32(37)17-12-20-36(41(6,39)40)30-19-18-25(3)27(5)21-30/h7-11,13-16,18-19,21,24,31H,12,17,20,22-23H2,1-6H3,(H,34,38). The van der Waals surface area contributed by atoms with Crippen LogP contribution in [0.1, 0.15) is 54.5 Å². The summed E-state index contributed by atoms with van der Waals surface area (Å²) in [6.45, 7) is 10.2. The third kappa shape index (κ3) is 9.18. The van der Waals surface area contributed by atoms with Crippen molar-refractivity contribution in [3.63, 3.8) is 0 Å². The van der Waals surface area contributed by atoms with Crippen LogP contribution >= 0.6 is 0 Å². The molecule has 0 fully saturated rings. The first-order valence-electron chi connectivity index (χ1n) is 14.1. The maximum Gasteiger partial charge on any atom is 0.243 e. The van der Waals surface area contributed by atoms with E-state index in [2.05, 4.69) is 5.32 Å². The minimum absolute atomic E-state index is 0.0857. The molecule has 0 spiro atoms. The van der Waals surface area contributed by atoms with Gasteiger partial charge in [-0.1, -0.05) is 60.7 Å². The van der Waals surface area contributed by atoms with Crippen LogP contribution in [0.15, 0.2) is 72.8 Å². The summed E-state index contributed by atoms with van der Waals surface area (Å²) in [5.74, 6) is -0.402. The predicted molar refractivity (Wildman–Crippen MR) is 166 cm³/mol. The van der Waals surface area contributed by atoms with E-state index in [0.29, 0.717) is 18.5 Å². The highest BCUT2D eigenvalue weighted by Gasteiger charge is 2.31. The SMILES string of the molecule is Cc1ccc(N(CCCC(=O)N(Cc2ccccc2C)C(Cc2ccccc2)C(=O)NC(C)C)S(C)(=O)=O)cc1C. The fourth-order valence-electron chi connectivity index (χ4n) is 4.79. The number of sulfonamides is 1. The molecule has 0 radical (unpaired) electrons. The van der Waals surface area contributed by atoms with Gasteiger partial charge in [0.25, 0.3) is 0 Å². The summed E-state index contributed by atoms with van der Waals surface area (Å²) in [4.78, 5) is 29.1. The number of hydrogen-bond donors (Lipinski definition) is 1. The van der Waals surface area contributed by atoms with Crippen LogP contribution in [-0.2, 0) is 32.6 Å². The zero-order valence-corrected chi connectivity index (χ0v) is 25.9. The molecule has 3 rings (SSSR count). The lowest BCUT2D eigenvalue weighted by atomic mass is 10.0. The Bertz CT molecular complexity index is 1440. The molecule has 0 saturated heterocycles. The minimum atomic E-state index is -3.56. The van der Waals surface area contributed by atoms with Gasteiger partial charge in [-0.3, -0.25) is 13.9 Å². The van der Waals surface area contributed by atoms with Gasteiger partial charge >= 0.3 is 0 Å². The largest absolute Gasteiger partial charge is 0.352 e. The Balaban J connectivity index is 1.89. The third-order valence-corrected chi connectivity index (χ3v) is 8.43. The highest BCUT2D eigenvalue weighted by Crippen LogP contribution is 2.23. The van der Waals surface area contributed by atoms with Gasteiger partial charge in [-0.05, 0) is 81.0 Å². The van der Waals surface area contributed by atoms with E-state index in [4.69, 9.17) is 0 Å². The van der Waals surface area contributed by atoms with E-state index >= 15 is 0 Å². The predicted octanol–water partition coefficient (Wildman–Crippen LogP) is 5.32. The van der Waals surface area contributed by atoms with Gasteiger partial charge in [-0.15, -0.1) is 0 Å². The molecular formula is C33H43N3O4S. The molecule has 1 N–H and O–H groups in total. The summed E-state index contributed by atoms with van der Waals surface area (Å²) in [5, 5.41) is 3.00. The second kappa shape index (κ2) is 14.3. The fraction of sp³-hybridized carbons (Fsp3) is 0.394. The van der Waals surface area contributed by atoms with Crippen molar-refractivity contribution in [2.75, 3.05) is 17.1 Å². The van der Waals surface area contributed by atoms with E-state index in [0.717, 1.165) is 27.8 Å². The van der Waals surface area contributed by atoms with Crippen molar-refractivity contribution in [2.24, 2.45) is 0 Å². The van der Waals surface area contributed by atoms with E-state index < -0.39 is 16.1 Å². The molecule has 0 aromatic heterocycles. The Morgan fingerprint density at radius 1 is 0.854 bits per heavy atom. The van der Waals surface area contributed by atoms with Gasteiger partial charge in [0.2, 0.25) is 21.8 Å². The number of carbonyl (C=O) groups is 2. The maximum absolute atomic E-state index is 13.9. The van der Waals surface area contributed by atoms with Crippen molar-refractivity contribution >= 4 is 27.5 Å². The quantitative estimate of drug-likeness (QED) is 0.298. The number of aryl methyl sites for hydroxylation is 3. The van der Waals surface area contributed by atoms with E-state index in [1.54, 1.807) is 11.0 Å². The van der Waals surface area contributed by atoms with Crippen LogP contribution in [-0.4, -0.2) is 50.0 Å². The van der Waals surface area contributed by atoms with Crippen molar-refractivity contribution in [3.05, 3.63) is 101 Å². The normalized spacial score (nSPS) is 12.2. The lowest BCUT2D eigenvalue weighted by Gasteiger charge is -2.33. The molecular weight excluding hydrogens is 534 g/mol. The Morgan fingerprint density at radius 3 is 2.12 bits per heavy atom. The lowest BCUT2D eigenvalue weighted by Crippen LogP contribution is -2.52. The zero-order valence-electron chi connectivity index (χ0n) is 25.1. The molecule has 8 heteroatoms. The Morgan fingerprint density at radius 2 is 1.51 bits per heavy atom. The minimum Gasteiger partial charge on any atom is -0.352 e. The van der Waals surface area contributed by atoms with Crippen molar-refractivity contribution in [2.45, 2.75) is 72.5 Å². The van der Waals surface area contributed by atoms with Gasteiger partial charge < -0.3 is 10.2 Å². The Kier molecular flexibility index (Phi) is 11.1. The second-order valence-electron chi connectivity index (χ2n) is 11.0. The molecule has 41 heavy (non-hydrogen) atoms. The first-order chi connectivity index (χ1) is 19.4. The first-order valence-corrected chi connectivity index (χ1v) is 15.9. The number of hydrogen-bond acceptors (Lipinski definition) is 4. The molecule has 0 aliphatic heterocycles. The van der Waals surface area contributed by atoms with Crippen LogP contribution in [0.3, 0.4) is 0 Å². The number of anilines is 1. The molecule has 0 aliphatic carbocycles. The second-order valence-corrected chi connectivity index (χ2v) is 12.9. The summed E-state index contributed by atoms with van der Waals surface area (Å²) in [7, 11) is -3.56. The molecule has 2 amide bonds.